The Balaban J connectivity index is 1.49. The quantitative estimate of drug-likeness (QED) is 0.577. The molecule has 1 aromatic carbocycles. The van der Waals surface area contributed by atoms with E-state index in [4.69, 9.17) is 15.2 Å². The highest BCUT2D eigenvalue weighted by Crippen LogP contribution is 2.36. The molecular formula is C20H18N4O4S. The minimum Gasteiger partial charge on any atom is -0.490 e. The average Bonchev–Trinajstić information content (AvgIpc) is 3.37. The van der Waals surface area contributed by atoms with Gasteiger partial charge in [-0.25, -0.2) is 4.98 Å². The number of ether oxygens (including phenoxy) is 2. The second-order valence-corrected chi connectivity index (χ2v) is 7.08. The number of nitrogens with one attached hydrogen (secondary N) is 2. The van der Waals surface area contributed by atoms with Crippen LogP contribution in [0.2, 0.25) is 0 Å². The van der Waals surface area contributed by atoms with Crippen LogP contribution in [0, 0.1) is 0 Å². The fraction of sp³-hybridized carbons (Fsp3) is 0.150. The summed E-state index contributed by atoms with van der Waals surface area (Å²) < 4.78 is 11.3. The van der Waals surface area contributed by atoms with Crippen LogP contribution in [0.4, 0.5) is 5.13 Å². The number of carbonyl (C=O) groups excluding carboxylic acids is 2. The van der Waals surface area contributed by atoms with Gasteiger partial charge in [-0.3, -0.25) is 14.9 Å². The number of hydrogen-bond acceptors (Lipinski definition) is 6. The summed E-state index contributed by atoms with van der Waals surface area (Å²) in [4.78, 5) is 31.0. The Labute approximate surface area is 170 Å². The van der Waals surface area contributed by atoms with Crippen LogP contribution in [0.25, 0.3) is 17.3 Å². The number of thiazole rings is 1. The fourth-order valence-corrected chi connectivity index (χ4v) is 3.62. The lowest BCUT2D eigenvalue weighted by Crippen LogP contribution is -2.21. The highest BCUT2D eigenvalue weighted by Gasteiger charge is 2.21. The Morgan fingerprint density at radius 2 is 2.28 bits per heavy atom. The first-order valence-corrected chi connectivity index (χ1v) is 9.77. The summed E-state index contributed by atoms with van der Waals surface area (Å²) in [5.41, 5.74) is 8.17. The van der Waals surface area contributed by atoms with Gasteiger partial charge in [0.2, 0.25) is 0 Å². The molecule has 0 unspecified atom stereocenters. The normalized spacial score (nSPS) is 12.5. The predicted molar refractivity (Wildman–Crippen MR) is 110 cm³/mol. The number of anilines is 1. The standard InChI is InChI=1S/C20H18N4O4S/c1-2-27-16-5-3-4-11-6-13(9-28-17(11)16)19(26)24-20-23-15(10-29-20)12-7-14(18(21)25)22-8-12/h3-8,10,22H,2,9H2,1H3,(H2,21,25)(H,23,24,26). The van der Waals surface area contributed by atoms with Crippen LogP contribution >= 0.6 is 11.3 Å². The molecule has 29 heavy (non-hydrogen) atoms. The lowest BCUT2D eigenvalue weighted by atomic mass is 10.1. The Morgan fingerprint density at radius 3 is 3.03 bits per heavy atom. The van der Waals surface area contributed by atoms with Crippen LogP contribution in [0.3, 0.4) is 0 Å². The summed E-state index contributed by atoms with van der Waals surface area (Å²) >= 11 is 1.29. The number of fused-ring (bicyclic) bond motifs is 1. The summed E-state index contributed by atoms with van der Waals surface area (Å²) in [5, 5.41) is 5.03. The number of hydrogen-bond donors (Lipinski definition) is 3. The van der Waals surface area contributed by atoms with Gasteiger partial charge in [0.1, 0.15) is 12.3 Å². The molecule has 4 rings (SSSR count). The van der Waals surface area contributed by atoms with Crippen molar-refractivity contribution in [3.8, 4) is 22.8 Å². The van der Waals surface area contributed by atoms with Crippen molar-refractivity contribution in [2.24, 2.45) is 5.73 Å². The van der Waals surface area contributed by atoms with Crippen LogP contribution in [-0.2, 0) is 4.79 Å². The molecule has 9 heteroatoms. The van der Waals surface area contributed by atoms with Crippen molar-refractivity contribution in [1.82, 2.24) is 9.97 Å². The number of rotatable bonds is 6. The Hall–Kier alpha value is -3.59. The molecule has 1 aliphatic rings. The van der Waals surface area contributed by atoms with E-state index < -0.39 is 5.91 Å². The molecule has 0 saturated carbocycles. The smallest absolute Gasteiger partial charge is 0.265 e. The molecule has 0 aliphatic carbocycles. The van der Waals surface area contributed by atoms with E-state index in [1.54, 1.807) is 23.7 Å². The molecule has 148 valence electrons. The monoisotopic (exact) mass is 410 g/mol. The van der Waals surface area contributed by atoms with Gasteiger partial charge in [-0.15, -0.1) is 11.3 Å². The molecule has 0 saturated heterocycles. The topological polar surface area (TPSA) is 119 Å². The predicted octanol–water partition coefficient (Wildman–Crippen LogP) is 3.05. The molecule has 1 aliphatic heterocycles. The summed E-state index contributed by atoms with van der Waals surface area (Å²) in [7, 11) is 0. The van der Waals surface area contributed by atoms with Gasteiger partial charge in [0.15, 0.2) is 16.6 Å². The zero-order chi connectivity index (χ0) is 20.4. The molecular weight excluding hydrogens is 392 g/mol. The van der Waals surface area contributed by atoms with E-state index in [1.165, 1.54) is 11.3 Å². The first-order chi connectivity index (χ1) is 14.0. The fourth-order valence-electron chi connectivity index (χ4n) is 2.91. The molecule has 0 bridgehead atoms. The number of aromatic amines is 1. The minimum atomic E-state index is -0.544. The second kappa shape index (κ2) is 7.80. The number of nitrogens with two attached hydrogens (primary N) is 1. The lowest BCUT2D eigenvalue weighted by molar-refractivity contribution is -0.113. The number of primary amides is 1. The largest absolute Gasteiger partial charge is 0.490 e. The van der Waals surface area contributed by atoms with Crippen LogP contribution < -0.4 is 20.5 Å². The SMILES string of the molecule is CCOc1cccc2c1OCC(C(=O)Nc1nc(-c3c[nH]c(C(N)=O)c3)cs1)=C2. The maximum atomic E-state index is 12.6. The van der Waals surface area contributed by atoms with E-state index in [1.807, 2.05) is 25.1 Å². The number of amides is 2. The van der Waals surface area contributed by atoms with Gasteiger partial charge in [-0.05, 0) is 25.1 Å². The van der Waals surface area contributed by atoms with Crippen molar-refractivity contribution in [2.45, 2.75) is 6.92 Å². The maximum absolute atomic E-state index is 12.6. The van der Waals surface area contributed by atoms with Crippen LogP contribution in [-0.4, -0.2) is 35.0 Å². The molecule has 0 atom stereocenters. The van der Waals surface area contributed by atoms with Crippen molar-refractivity contribution < 1.29 is 19.1 Å². The molecule has 0 radical (unpaired) electrons. The van der Waals surface area contributed by atoms with Gasteiger partial charge < -0.3 is 20.2 Å². The van der Waals surface area contributed by atoms with E-state index in [9.17, 15) is 9.59 Å². The van der Waals surface area contributed by atoms with Crippen LogP contribution in [0.1, 0.15) is 23.0 Å². The number of aromatic nitrogens is 2. The third-order valence-corrected chi connectivity index (χ3v) is 5.03. The van der Waals surface area contributed by atoms with E-state index in [-0.39, 0.29) is 12.5 Å². The molecule has 2 amide bonds. The zero-order valence-corrected chi connectivity index (χ0v) is 16.3. The van der Waals surface area contributed by atoms with E-state index in [0.29, 0.717) is 45.8 Å². The highest BCUT2D eigenvalue weighted by molar-refractivity contribution is 7.14. The van der Waals surface area contributed by atoms with Crippen molar-refractivity contribution in [2.75, 3.05) is 18.5 Å². The molecule has 0 fully saturated rings. The molecule has 4 N–H and O–H groups in total. The molecule has 8 nitrogen and oxygen atoms in total. The number of H-pyrrole nitrogens is 1. The van der Waals surface area contributed by atoms with Gasteiger partial charge in [0, 0.05) is 22.7 Å². The van der Waals surface area contributed by atoms with E-state index in [0.717, 1.165) is 5.56 Å². The van der Waals surface area contributed by atoms with Gasteiger partial charge in [0.25, 0.3) is 11.8 Å². The Bertz CT molecular complexity index is 1120. The van der Waals surface area contributed by atoms with Crippen LogP contribution in [0.15, 0.2) is 41.4 Å². The van der Waals surface area contributed by atoms with Gasteiger partial charge >= 0.3 is 0 Å². The summed E-state index contributed by atoms with van der Waals surface area (Å²) in [5.74, 6) is 0.467. The molecule has 3 aromatic rings. The maximum Gasteiger partial charge on any atom is 0.265 e. The van der Waals surface area contributed by atoms with Gasteiger partial charge in [-0.1, -0.05) is 12.1 Å². The number of benzene rings is 1. The van der Waals surface area contributed by atoms with Crippen molar-refractivity contribution >= 4 is 34.4 Å². The van der Waals surface area contributed by atoms with Gasteiger partial charge in [-0.2, -0.15) is 0 Å². The van der Waals surface area contributed by atoms with Crippen molar-refractivity contribution in [3.63, 3.8) is 0 Å². The number of carbonyl (C=O) groups is 2. The summed E-state index contributed by atoms with van der Waals surface area (Å²) in [6.45, 7) is 2.58. The highest BCUT2D eigenvalue weighted by atomic mass is 32.1. The first kappa shape index (κ1) is 18.8. The zero-order valence-electron chi connectivity index (χ0n) is 15.5. The molecule has 3 heterocycles. The van der Waals surface area contributed by atoms with Gasteiger partial charge in [0.05, 0.1) is 17.9 Å². The second-order valence-electron chi connectivity index (χ2n) is 6.22. The lowest BCUT2D eigenvalue weighted by Gasteiger charge is -2.19. The summed E-state index contributed by atoms with van der Waals surface area (Å²) in [6, 6.07) is 7.18. The number of para-hydroxylation sites is 1. The Kier molecular flexibility index (Phi) is 5.05. The molecule has 0 spiro atoms. The minimum absolute atomic E-state index is 0.140. The van der Waals surface area contributed by atoms with Crippen molar-refractivity contribution in [1.29, 1.82) is 0 Å². The average molecular weight is 410 g/mol. The van der Waals surface area contributed by atoms with E-state index >= 15 is 0 Å². The van der Waals surface area contributed by atoms with E-state index in [2.05, 4.69) is 15.3 Å². The molecule has 2 aromatic heterocycles. The third kappa shape index (κ3) is 3.85. The number of nitrogens with zero attached hydrogens (tertiary/aromatic N) is 1. The first-order valence-electron chi connectivity index (χ1n) is 8.89. The summed E-state index contributed by atoms with van der Waals surface area (Å²) in [6.07, 6.45) is 3.43. The third-order valence-electron chi connectivity index (χ3n) is 4.27. The van der Waals surface area contributed by atoms with Crippen LogP contribution in [0.5, 0.6) is 11.5 Å². The van der Waals surface area contributed by atoms with Crippen molar-refractivity contribution in [3.05, 3.63) is 52.7 Å². The Morgan fingerprint density at radius 1 is 1.41 bits per heavy atom.